The van der Waals surface area contributed by atoms with E-state index in [1.54, 1.807) is 38.4 Å². The van der Waals surface area contributed by atoms with Crippen LogP contribution in [0.1, 0.15) is 23.2 Å². The van der Waals surface area contributed by atoms with Gasteiger partial charge in [0.25, 0.3) is 5.91 Å². The van der Waals surface area contributed by atoms with E-state index in [1.807, 2.05) is 0 Å². The van der Waals surface area contributed by atoms with Gasteiger partial charge < -0.3 is 16.0 Å². The molecule has 1 aromatic rings. The van der Waals surface area contributed by atoms with Crippen LogP contribution in [0.15, 0.2) is 24.3 Å². The molecule has 5 heteroatoms. The molecule has 0 aliphatic carbocycles. The molecule has 0 aliphatic heterocycles. The Morgan fingerprint density at radius 1 is 1.28 bits per heavy atom. The van der Waals surface area contributed by atoms with Crippen molar-refractivity contribution >= 4 is 17.5 Å². The maximum absolute atomic E-state index is 11.8. The first kappa shape index (κ1) is 14.0. The van der Waals surface area contributed by atoms with Gasteiger partial charge in [0, 0.05) is 32.7 Å². The number of nitrogens with zero attached hydrogens (tertiary/aromatic N) is 1. The molecule has 0 spiro atoms. The van der Waals surface area contributed by atoms with Crippen LogP contribution in [0, 0.1) is 0 Å². The Balaban J connectivity index is 2.35. The highest BCUT2D eigenvalue weighted by Crippen LogP contribution is 2.09. The Morgan fingerprint density at radius 3 is 2.56 bits per heavy atom. The molecule has 0 atom stereocenters. The standard InChI is InChI=1S/C13H19N3O2/c1-16(2)12(17)8-5-9-15-13(18)10-6-3-4-7-11(10)14/h3-4,6-7H,5,8-9,14H2,1-2H3,(H,15,18). The van der Waals surface area contributed by atoms with Gasteiger partial charge in [0.2, 0.25) is 5.91 Å². The molecule has 0 bridgehead atoms. The van der Waals surface area contributed by atoms with Gasteiger partial charge in [-0.1, -0.05) is 12.1 Å². The van der Waals surface area contributed by atoms with Crippen LogP contribution < -0.4 is 11.1 Å². The number of amides is 2. The van der Waals surface area contributed by atoms with E-state index in [2.05, 4.69) is 5.32 Å². The fourth-order valence-corrected chi connectivity index (χ4v) is 1.46. The summed E-state index contributed by atoms with van der Waals surface area (Å²) < 4.78 is 0. The zero-order chi connectivity index (χ0) is 13.5. The van der Waals surface area contributed by atoms with E-state index in [4.69, 9.17) is 5.73 Å². The minimum absolute atomic E-state index is 0.0588. The van der Waals surface area contributed by atoms with E-state index in [9.17, 15) is 9.59 Å². The quantitative estimate of drug-likeness (QED) is 0.600. The van der Waals surface area contributed by atoms with Crippen molar-refractivity contribution in [3.63, 3.8) is 0 Å². The highest BCUT2D eigenvalue weighted by molar-refractivity contribution is 5.99. The van der Waals surface area contributed by atoms with E-state index in [0.29, 0.717) is 30.6 Å². The lowest BCUT2D eigenvalue weighted by Gasteiger charge is -2.10. The normalized spacial score (nSPS) is 9.89. The zero-order valence-electron chi connectivity index (χ0n) is 10.8. The Bertz CT molecular complexity index is 430. The average Bonchev–Trinajstić information content (AvgIpc) is 2.34. The van der Waals surface area contributed by atoms with Crippen molar-refractivity contribution < 1.29 is 9.59 Å². The molecule has 1 aromatic carbocycles. The number of hydrogen-bond acceptors (Lipinski definition) is 3. The lowest BCUT2D eigenvalue weighted by atomic mass is 10.1. The van der Waals surface area contributed by atoms with Crippen molar-refractivity contribution in [3.8, 4) is 0 Å². The molecule has 0 radical (unpaired) electrons. The summed E-state index contributed by atoms with van der Waals surface area (Å²) in [4.78, 5) is 24.6. The van der Waals surface area contributed by atoms with E-state index in [-0.39, 0.29) is 11.8 Å². The highest BCUT2D eigenvalue weighted by atomic mass is 16.2. The van der Waals surface area contributed by atoms with Crippen LogP contribution in [0.3, 0.4) is 0 Å². The molecule has 98 valence electrons. The molecule has 0 heterocycles. The third-order valence-corrected chi connectivity index (χ3v) is 2.56. The first-order valence-corrected chi connectivity index (χ1v) is 5.85. The summed E-state index contributed by atoms with van der Waals surface area (Å²) in [6.45, 7) is 0.465. The number of benzene rings is 1. The minimum Gasteiger partial charge on any atom is -0.398 e. The van der Waals surface area contributed by atoms with E-state index in [0.717, 1.165) is 0 Å². The molecule has 3 N–H and O–H groups in total. The van der Waals surface area contributed by atoms with Gasteiger partial charge in [-0.3, -0.25) is 9.59 Å². The number of rotatable bonds is 5. The summed E-state index contributed by atoms with van der Waals surface area (Å²) in [6.07, 6.45) is 1.05. The number of carbonyl (C=O) groups excluding carboxylic acids is 2. The van der Waals surface area contributed by atoms with Crippen molar-refractivity contribution in [3.05, 3.63) is 29.8 Å². The molecule has 2 amide bonds. The van der Waals surface area contributed by atoms with Crippen LogP contribution in [0.5, 0.6) is 0 Å². The monoisotopic (exact) mass is 249 g/mol. The van der Waals surface area contributed by atoms with Crippen LogP contribution in [0.4, 0.5) is 5.69 Å². The molecular formula is C13H19N3O2. The van der Waals surface area contributed by atoms with Gasteiger partial charge in [0.05, 0.1) is 5.56 Å². The van der Waals surface area contributed by atoms with Crippen LogP contribution in [-0.4, -0.2) is 37.4 Å². The predicted molar refractivity (Wildman–Crippen MR) is 71.1 cm³/mol. The van der Waals surface area contributed by atoms with Crippen molar-refractivity contribution in [2.24, 2.45) is 0 Å². The summed E-state index contributed by atoms with van der Waals surface area (Å²) in [5, 5.41) is 2.74. The first-order chi connectivity index (χ1) is 8.52. The van der Waals surface area contributed by atoms with E-state index >= 15 is 0 Å². The number of anilines is 1. The van der Waals surface area contributed by atoms with Crippen molar-refractivity contribution in [1.82, 2.24) is 10.2 Å². The van der Waals surface area contributed by atoms with Crippen molar-refractivity contribution in [1.29, 1.82) is 0 Å². The number of nitrogen functional groups attached to an aromatic ring is 1. The zero-order valence-corrected chi connectivity index (χ0v) is 10.8. The maximum Gasteiger partial charge on any atom is 0.253 e. The fraction of sp³-hybridized carbons (Fsp3) is 0.385. The van der Waals surface area contributed by atoms with Crippen LogP contribution in [0.2, 0.25) is 0 Å². The molecule has 0 aromatic heterocycles. The number of nitrogens with two attached hydrogens (primary N) is 1. The Morgan fingerprint density at radius 2 is 1.94 bits per heavy atom. The van der Waals surface area contributed by atoms with Crippen LogP contribution in [0.25, 0.3) is 0 Å². The summed E-state index contributed by atoms with van der Waals surface area (Å²) in [5.41, 5.74) is 6.62. The fourth-order valence-electron chi connectivity index (χ4n) is 1.46. The Kier molecular flexibility index (Phi) is 5.17. The number of para-hydroxylation sites is 1. The van der Waals surface area contributed by atoms with E-state index in [1.165, 1.54) is 4.90 Å². The van der Waals surface area contributed by atoms with Crippen LogP contribution >= 0.6 is 0 Å². The molecule has 0 unspecified atom stereocenters. The van der Waals surface area contributed by atoms with Crippen LogP contribution in [-0.2, 0) is 4.79 Å². The molecule has 0 saturated heterocycles. The van der Waals surface area contributed by atoms with Crippen molar-refractivity contribution in [2.45, 2.75) is 12.8 Å². The van der Waals surface area contributed by atoms with Gasteiger partial charge in [0.1, 0.15) is 0 Å². The third-order valence-electron chi connectivity index (χ3n) is 2.56. The Labute approximate surface area is 107 Å². The van der Waals surface area contributed by atoms with Gasteiger partial charge in [-0.05, 0) is 18.6 Å². The van der Waals surface area contributed by atoms with Gasteiger partial charge in [-0.2, -0.15) is 0 Å². The molecule has 1 rings (SSSR count). The maximum atomic E-state index is 11.8. The van der Waals surface area contributed by atoms with Crippen molar-refractivity contribution in [2.75, 3.05) is 26.4 Å². The predicted octanol–water partition coefficient (Wildman–Crippen LogP) is 0.867. The van der Waals surface area contributed by atoms with Gasteiger partial charge in [0.15, 0.2) is 0 Å². The lowest BCUT2D eigenvalue weighted by molar-refractivity contribution is -0.128. The molecule has 0 fully saturated rings. The lowest BCUT2D eigenvalue weighted by Crippen LogP contribution is -2.27. The number of carbonyl (C=O) groups is 2. The second-order valence-corrected chi connectivity index (χ2v) is 4.23. The number of nitrogens with one attached hydrogen (secondary N) is 1. The SMILES string of the molecule is CN(C)C(=O)CCCNC(=O)c1ccccc1N. The summed E-state index contributed by atoms with van der Waals surface area (Å²) in [5.74, 6) is -0.145. The third kappa shape index (κ3) is 4.08. The second-order valence-electron chi connectivity index (χ2n) is 4.23. The topological polar surface area (TPSA) is 75.4 Å². The molecule has 0 aliphatic rings. The van der Waals surface area contributed by atoms with E-state index < -0.39 is 0 Å². The smallest absolute Gasteiger partial charge is 0.253 e. The summed E-state index contributed by atoms with van der Waals surface area (Å²) in [7, 11) is 3.43. The first-order valence-electron chi connectivity index (χ1n) is 5.85. The molecular weight excluding hydrogens is 230 g/mol. The largest absolute Gasteiger partial charge is 0.398 e. The van der Waals surface area contributed by atoms with Gasteiger partial charge >= 0.3 is 0 Å². The molecule has 18 heavy (non-hydrogen) atoms. The average molecular weight is 249 g/mol. The second kappa shape index (κ2) is 6.64. The molecule has 5 nitrogen and oxygen atoms in total. The Hall–Kier alpha value is -2.04. The molecule has 0 saturated carbocycles. The summed E-state index contributed by atoms with van der Waals surface area (Å²) in [6, 6.07) is 6.91. The minimum atomic E-state index is -0.203. The van der Waals surface area contributed by atoms with Gasteiger partial charge in [-0.15, -0.1) is 0 Å². The summed E-state index contributed by atoms with van der Waals surface area (Å²) >= 11 is 0. The van der Waals surface area contributed by atoms with Gasteiger partial charge in [-0.25, -0.2) is 0 Å². The number of hydrogen-bond donors (Lipinski definition) is 2. The highest BCUT2D eigenvalue weighted by Gasteiger charge is 2.08.